The third-order valence-corrected chi connectivity index (χ3v) is 8.09. The van der Waals surface area contributed by atoms with Crippen LogP contribution in [0, 0.1) is 17.3 Å². The fourth-order valence-electron chi connectivity index (χ4n) is 3.99. The Bertz CT molecular complexity index is 336. The van der Waals surface area contributed by atoms with Crippen LogP contribution in [0.5, 0.6) is 0 Å². The van der Waals surface area contributed by atoms with E-state index in [4.69, 9.17) is 5.73 Å². The first-order valence-electron chi connectivity index (χ1n) is 8.56. The molecule has 0 aliphatic heterocycles. The van der Waals surface area contributed by atoms with Crippen molar-refractivity contribution < 1.29 is 4.21 Å². The largest absolute Gasteiger partial charge is 0.327 e. The number of nitrogens with two attached hydrogens (primary N) is 1. The van der Waals surface area contributed by atoms with Crippen molar-refractivity contribution in [1.29, 1.82) is 0 Å². The molecule has 0 aromatic heterocycles. The molecule has 2 saturated carbocycles. The van der Waals surface area contributed by atoms with Crippen LogP contribution in [0.3, 0.4) is 0 Å². The fraction of sp³-hybridized carbons (Fsp3) is 1.00. The molecule has 2 aliphatic rings. The van der Waals surface area contributed by atoms with Crippen LogP contribution in [0.1, 0.15) is 72.1 Å². The molecule has 2 rings (SSSR count). The van der Waals surface area contributed by atoms with Crippen LogP contribution in [0.15, 0.2) is 0 Å². The Morgan fingerprint density at radius 3 is 2.40 bits per heavy atom. The van der Waals surface area contributed by atoms with Crippen molar-refractivity contribution in [1.82, 2.24) is 0 Å². The molecule has 2 fully saturated rings. The molecule has 2 N–H and O–H groups in total. The van der Waals surface area contributed by atoms with Gasteiger partial charge in [-0.3, -0.25) is 4.21 Å². The highest BCUT2D eigenvalue weighted by atomic mass is 32.2. The molecular formula is C17H33NOS. The van der Waals surface area contributed by atoms with Crippen molar-refractivity contribution in [3.63, 3.8) is 0 Å². The van der Waals surface area contributed by atoms with Gasteiger partial charge in [-0.25, -0.2) is 0 Å². The van der Waals surface area contributed by atoms with Crippen molar-refractivity contribution in [2.24, 2.45) is 23.0 Å². The number of hydrogen-bond donors (Lipinski definition) is 1. The van der Waals surface area contributed by atoms with Gasteiger partial charge >= 0.3 is 0 Å². The Hall–Kier alpha value is 0.110. The molecular weight excluding hydrogens is 266 g/mol. The van der Waals surface area contributed by atoms with Crippen molar-refractivity contribution >= 4 is 10.8 Å². The molecule has 0 heterocycles. The summed E-state index contributed by atoms with van der Waals surface area (Å²) in [5, 5.41) is 0.250. The Balaban J connectivity index is 1.95. The molecule has 2 aliphatic carbocycles. The summed E-state index contributed by atoms with van der Waals surface area (Å²) < 4.78 is 12.8. The second kappa shape index (κ2) is 6.91. The first kappa shape index (κ1) is 16.5. The van der Waals surface area contributed by atoms with Gasteiger partial charge < -0.3 is 5.73 Å². The summed E-state index contributed by atoms with van der Waals surface area (Å²) in [5.41, 5.74) is 6.68. The van der Waals surface area contributed by atoms with Crippen molar-refractivity contribution in [2.75, 3.05) is 5.75 Å². The van der Waals surface area contributed by atoms with Gasteiger partial charge in [-0.05, 0) is 49.4 Å². The van der Waals surface area contributed by atoms with Crippen LogP contribution in [0.2, 0.25) is 0 Å². The summed E-state index contributed by atoms with van der Waals surface area (Å²) >= 11 is 0. The Morgan fingerprint density at radius 1 is 1.15 bits per heavy atom. The minimum absolute atomic E-state index is 0.168. The zero-order valence-electron chi connectivity index (χ0n) is 13.6. The van der Waals surface area contributed by atoms with Crippen molar-refractivity contribution in [3.8, 4) is 0 Å². The van der Waals surface area contributed by atoms with E-state index in [1.165, 1.54) is 38.5 Å². The van der Waals surface area contributed by atoms with Gasteiger partial charge in [-0.1, -0.05) is 40.0 Å². The summed E-state index contributed by atoms with van der Waals surface area (Å²) in [4.78, 5) is 0. The first-order chi connectivity index (χ1) is 9.44. The molecule has 20 heavy (non-hydrogen) atoms. The molecule has 0 amide bonds. The monoisotopic (exact) mass is 299 g/mol. The number of hydrogen-bond acceptors (Lipinski definition) is 2. The lowest BCUT2D eigenvalue weighted by Crippen LogP contribution is -2.46. The molecule has 0 radical (unpaired) electrons. The topological polar surface area (TPSA) is 43.1 Å². The van der Waals surface area contributed by atoms with Gasteiger partial charge in [0.05, 0.1) is 5.25 Å². The van der Waals surface area contributed by atoms with Gasteiger partial charge in [-0.15, -0.1) is 0 Å². The summed E-state index contributed by atoms with van der Waals surface area (Å²) in [6, 6.07) is 0.168. The molecule has 0 saturated heterocycles. The molecule has 118 valence electrons. The maximum absolute atomic E-state index is 12.8. The summed E-state index contributed by atoms with van der Waals surface area (Å²) in [6.07, 6.45) is 9.83. The van der Waals surface area contributed by atoms with Crippen LogP contribution in [0.25, 0.3) is 0 Å². The van der Waals surface area contributed by atoms with E-state index >= 15 is 0 Å². The van der Waals surface area contributed by atoms with Crippen LogP contribution < -0.4 is 5.73 Å². The molecule has 4 atom stereocenters. The van der Waals surface area contributed by atoms with Gasteiger partial charge in [0.1, 0.15) is 0 Å². The van der Waals surface area contributed by atoms with Gasteiger partial charge in [0, 0.05) is 22.6 Å². The van der Waals surface area contributed by atoms with Crippen LogP contribution >= 0.6 is 0 Å². The van der Waals surface area contributed by atoms with Crippen LogP contribution in [-0.4, -0.2) is 21.3 Å². The van der Waals surface area contributed by atoms with E-state index in [9.17, 15) is 4.21 Å². The predicted octanol–water partition coefficient (Wildman–Crippen LogP) is 3.86. The first-order valence-corrected chi connectivity index (χ1v) is 9.95. The molecule has 0 spiro atoms. The normalized spacial score (nSPS) is 34.3. The van der Waals surface area contributed by atoms with Crippen LogP contribution in [-0.2, 0) is 10.8 Å². The average Bonchev–Trinajstić information content (AvgIpc) is 2.91. The van der Waals surface area contributed by atoms with Crippen LogP contribution in [0.4, 0.5) is 0 Å². The zero-order valence-corrected chi connectivity index (χ0v) is 14.4. The van der Waals surface area contributed by atoms with Gasteiger partial charge in [0.25, 0.3) is 0 Å². The fourth-order valence-corrected chi connectivity index (χ4v) is 6.00. The lowest BCUT2D eigenvalue weighted by Gasteiger charge is -2.41. The second-order valence-corrected chi connectivity index (χ2v) is 9.45. The van der Waals surface area contributed by atoms with E-state index in [-0.39, 0.29) is 11.3 Å². The summed E-state index contributed by atoms with van der Waals surface area (Å²) in [6.45, 7) is 7.01. The molecule has 2 nitrogen and oxygen atoms in total. The predicted molar refractivity (Wildman–Crippen MR) is 88.1 cm³/mol. The second-order valence-electron chi connectivity index (χ2n) is 7.75. The van der Waals surface area contributed by atoms with E-state index < -0.39 is 10.8 Å². The highest BCUT2D eigenvalue weighted by Gasteiger charge is 2.38. The van der Waals surface area contributed by atoms with Gasteiger partial charge in [0.2, 0.25) is 0 Å². The Morgan fingerprint density at radius 2 is 1.80 bits per heavy atom. The van der Waals surface area contributed by atoms with Crippen molar-refractivity contribution in [2.45, 2.75) is 83.4 Å². The molecule has 4 unspecified atom stereocenters. The van der Waals surface area contributed by atoms with Gasteiger partial charge in [-0.2, -0.15) is 0 Å². The summed E-state index contributed by atoms with van der Waals surface area (Å²) in [7, 11) is -0.709. The standard InChI is InChI=1S/C17H33NOS/c1-4-17(2,3)14-9-10-15(18)16(11-14)20(19)12-13-7-5-6-8-13/h13-16H,4-12,18H2,1-3H3. The highest BCUT2D eigenvalue weighted by molar-refractivity contribution is 7.85. The van der Waals surface area contributed by atoms with Gasteiger partial charge in [0.15, 0.2) is 0 Å². The molecule has 0 bridgehead atoms. The molecule has 0 aromatic rings. The third-order valence-electron chi connectivity index (χ3n) is 6.07. The third kappa shape index (κ3) is 3.85. The van der Waals surface area contributed by atoms with E-state index in [1.807, 2.05) is 0 Å². The summed E-state index contributed by atoms with van der Waals surface area (Å²) in [5.74, 6) is 2.32. The maximum Gasteiger partial charge on any atom is 0.0501 e. The van der Waals surface area contributed by atoms with E-state index in [0.29, 0.717) is 17.3 Å². The SMILES string of the molecule is CCC(C)(C)C1CCC(N)C(S(=O)CC2CCCC2)C1. The smallest absolute Gasteiger partial charge is 0.0501 e. The lowest BCUT2D eigenvalue weighted by molar-refractivity contribution is 0.147. The molecule has 3 heteroatoms. The quantitative estimate of drug-likeness (QED) is 0.837. The van der Waals surface area contributed by atoms with E-state index in [2.05, 4.69) is 20.8 Å². The highest BCUT2D eigenvalue weighted by Crippen LogP contribution is 2.41. The Kier molecular flexibility index (Phi) is 5.70. The van der Waals surface area contributed by atoms with E-state index in [0.717, 1.165) is 18.6 Å². The Labute approximate surface area is 127 Å². The van der Waals surface area contributed by atoms with E-state index in [1.54, 1.807) is 0 Å². The lowest BCUT2D eigenvalue weighted by atomic mass is 9.69. The average molecular weight is 300 g/mol. The minimum atomic E-state index is -0.709. The minimum Gasteiger partial charge on any atom is -0.327 e. The zero-order chi connectivity index (χ0) is 14.8. The molecule has 0 aromatic carbocycles. The number of rotatable bonds is 5. The maximum atomic E-state index is 12.8. The van der Waals surface area contributed by atoms with Crippen molar-refractivity contribution in [3.05, 3.63) is 0 Å².